The van der Waals surface area contributed by atoms with Gasteiger partial charge in [0.1, 0.15) is 0 Å². The molecule has 16 heavy (non-hydrogen) atoms. The molecular weight excluding hydrogens is 196 g/mol. The van der Waals surface area contributed by atoms with Crippen molar-refractivity contribution < 1.29 is 0 Å². The maximum absolute atomic E-state index is 4.47. The van der Waals surface area contributed by atoms with Crippen molar-refractivity contribution in [2.24, 2.45) is 11.8 Å². The number of aromatic nitrogens is 1. The van der Waals surface area contributed by atoms with E-state index in [0.29, 0.717) is 12.0 Å². The highest BCUT2D eigenvalue weighted by molar-refractivity contribution is 5.08. The van der Waals surface area contributed by atoms with Gasteiger partial charge in [-0.05, 0) is 49.8 Å². The van der Waals surface area contributed by atoms with Crippen LogP contribution < -0.4 is 5.32 Å². The number of pyridine rings is 1. The lowest BCUT2D eigenvalue weighted by Gasteiger charge is -2.20. The largest absolute Gasteiger partial charge is 0.308 e. The van der Waals surface area contributed by atoms with E-state index in [1.807, 2.05) is 12.3 Å². The standard InChI is InChI=1S/C14H22N2/c1-11(2)9-14(16-10-12-6-7-12)13-5-3-4-8-15-13/h3-5,8,11-12,14,16H,6-7,9-10H2,1-2H3. The molecule has 1 heterocycles. The molecule has 88 valence electrons. The molecule has 0 bridgehead atoms. The third kappa shape index (κ3) is 3.60. The summed E-state index contributed by atoms with van der Waals surface area (Å²) in [6.45, 7) is 5.71. The Bertz CT molecular complexity index is 304. The number of nitrogens with one attached hydrogen (secondary N) is 1. The molecule has 1 aromatic heterocycles. The summed E-state index contributed by atoms with van der Waals surface area (Å²) in [7, 11) is 0. The SMILES string of the molecule is CC(C)CC(NCC1CC1)c1ccccn1. The van der Waals surface area contributed by atoms with Crippen molar-refractivity contribution in [1.82, 2.24) is 10.3 Å². The average molecular weight is 218 g/mol. The molecule has 0 saturated heterocycles. The van der Waals surface area contributed by atoms with Crippen LogP contribution in [0, 0.1) is 11.8 Å². The first-order valence-corrected chi connectivity index (χ1v) is 6.40. The van der Waals surface area contributed by atoms with Crippen LogP contribution in [0.3, 0.4) is 0 Å². The Hall–Kier alpha value is -0.890. The number of hydrogen-bond acceptors (Lipinski definition) is 2. The van der Waals surface area contributed by atoms with E-state index in [9.17, 15) is 0 Å². The fourth-order valence-corrected chi connectivity index (χ4v) is 1.99. The second-order valence-electron chi connectivity index (χ2n) is 5.29. The van der Waals surface area contributed by atoms with E-state index in [1.165, 1.54) is 25.0 Å². The number of rotatable bonds is 6. The molecule has 1 unspecified atom stereocenters. The maximum atomic E-state index is 4.47. The lowest BCUT2D eigenvalue weighted by atomic mass is 10.0. The van der Waals surface area contributed by atoms with Crippen LogP contribution in [0.1, 0.15) is 44.8 Å². The molecule has 1 atom stereocenters. The van der Waals surface area contributed by atoms with E-state index >= 15 is 0 Å². The summed E-state index contributed by atoms with van der Waals surface area (Å²) in [6.07, 6.45) is 5.87. The van der Waals surface area contributed by atoms with Gasteiger partial charge in [0, 0.05) is 12.2 Å². The minimum absolute atomic E-state index is 0.432. The van der Waals surface area contributed by atoms with Gasteiger partial charge in [-0.15, -0.1) is 0 Å². The third-order valence-corrected chi connectivity index (χ3v) is 3.10. The molecule has 0 aromatic carbocycles. The van der Waals surface area contributed by atoms with E-state index in [2.05, 4.69) is 36.3 Å². The van der Waals surface area contributed by atoms with E-state index in [1.54, 1.807) is 0 Å². The van der Waals surface area contributed by atoms with E-state index in [-0.39, 0.29) is 0 Å². The molecule has 2 heteroatoms. The van der Waals surface area contributed by atoms with Gasteiger partial charge < -0.3 is 5.32 Å². The Morgan fingerprint density at radius 2 is 2.19 bits per heavy atom. The Kier molecular flexibility index (Phi) is 3.94. The third-order valence-electron chi connectivity index (χ3n) is 3.10. The van der Waals surface area contributed by atoms with Crippen LogP contribution in [0.5, 0.6) is 0 Å². The molecule has 2 nitrogen and oxygen atoms in total. The molecule has 1 aliphatic rings. The Morgan fingerprint density at radius 1 is 1.38 bits per heavy atom. The van der Waals surface area contributed by atoms with Gasteiger partial charge in [0.15, 0.2) is 0 Å². The quantitative estimate of drug-likeness (QED) is 0.793. The van der Waals surface area contributed by atoms with Crippen molar-refractivity contribution in [3.63, 3.8) is 0 Å². The minimum Gasteiger partial charge on any atom is -0.308 e. The highest BCUT2D eigenvalue weighted by atomic mass is 14.9. The van der Waals surface area contributed by atoms with Gasteiger partial charge in [0.25, 0.3) is 0 Å². The van der Waals surface area contributed by atoms with Gasteiger partial charge in [0.2, 0.25) is 0 Å². The van der Waals surface area contributed by atoms with Crippen molar-refractivity contribution in [2.75, 3.05) is 6.54 Å². The molecule has 1 N–H and O–H groups in total. The van der Waals surface area contributed by atoms with Crippen molar-refractivity contribution >= 4 is 0 Å². The molecule has 0 spiro atoms. The predicted molar refractivity (Wildman–Crippen MR) is 67.2 cm³/mol. The molecule has 1 aliphatic carbocycles. The molecule has 0 amide bonds. The maximum Gasteiger partial charge on any atom is 0.0573 e. The zero-order valence-corrected chi connectivity index (χ0v) is 10.3. The highest BCUT2D eigenvalue weighted by Gasteiger charge is 2.23. The van der Waals surface area contributed by atoms with E-state index in [0.717, 1.165) is 12.5 Å². The molecule has 1 fully saturated rings. The molecule has 2 rings (SSSR count). The molecule has 0 aliphatic heterocycles. The van der Waals surface area contributed by atoms with E-state index in [4.69, 9.17) is 0 Å². The van der Waals surface area contributed by atoms with Gasteiger partial charge in [0.05, 0.1) is 5.69 Å². The van der Waals surface area contributed by atoms with Crippen LogP contribution in [-0.4, -0.2) is 11.5 Å². The second-order valence-corrected chi connectivity index (χ2v) is 5.29. The molecule has 0 radical (unpaired) electrons. The van der Waals surface area contributed by atoms with Crippen molar-refractivity contribution in [1.29, 1.82) is 0 Å². The summed E-state index contributed by atoms with van der Waals surface area (Å²) in [4.78, 5) is 4.47. The minimum atomic E-state index is 0.432. The van der Waals surface area contributed by atoms with Gasteiger partial charge >= 0.3 is 0 Å². The van der Waals surface area contributed by atoms with Crippen molar-refractivity contribution in [2.45, 2.75) is 39.2 Å². The fraction of sp³-hybridized carbons (Fsp3) is 0.643. The molecular formula is C14H22N2. The molecule has 1 saturated carbocycles. The summed E-state index contributed by atoms with van der Waals surface area (Å²) in [6, 6.07) is 6.62. The smallest absolute Gasteiger partial charge is 0.0573 e. The lowest BCUT2D eigenvalue weighted by Crippen LogP contribution is -2.25. The van der Waals surface area contributed by atoms with Gasteiger partial charge in [-0.25, -0.2) is 0 Å². The predicted octanol–water partition coefficient (Wildman–Crippen LogP) is 3.17. The van der Waals surface area contributed by atoms with Gasteiger partial charge in [-0.1, -0.05) is 19.9 Å². The number of hydrogen-bond donors (Lipinski definition) is 1. The summed E-state index contributed by atoms with van der Waals surface area (Å²) >= 11 is 0. The Balaban J connectivity index is 1.95. The number of nitrogens with zero attached hydrogens (tertiary/aromatic N) is 1. The van der Waals surface area contributed by atoms with Gasteiger partial charge in [-0.3, -0.25) is 4.98 Å². The summed E-state index contributed by atoms with van der Waals surface area (Å²) in [5.41, 5.74) is 1.19. The second kappa shape index (κ2) is 5.44. The molecule has 1 aromatic rings. The highest BCUT2D eigenvalue weighted by Crippen LogP contribution is 2.29. The van der Waals surface area contributed by atoms with Crippen LogP contribution in [-0.2, 0) is 0 Å². The summed E-state index contributed by atoms with van der Waals surface area (Å²) in [5, 5.41) is 3.67. The Morgan fingerprint density at radius 3 is 2.75 bits per heavy atom. The first-order chi connectivity index (χ1) is 7.75. The van der Waals surface area contributed by atoms with Crippen LogP contribution >= 0.6 is 0 Å². The fourth-order valence-electron chi connectivity index (χ4n) is 1.99. The zero-order chi connectivity index (χ0) is 11.4. The normalized spacial score (nSPS) is 17.7. The lowest BCUT2D eigenvalue weighted by molar-refractivity contribution is 0.416. The zero-order valence-electron chi connectivity index (χ0n) is 10.3. The monoisotopic (exact) mass is 218 g/mol. The average Bonchev–Trinajstić information content (AvgIpc) is 3.09. The Labute approximate surface area is 98.5 Å². The van der Waals surface area contributed by atoms with Crippen molar-refractivity contribution in [3.8, 4) is 0 Å². The van der Waals surface area contributed by atoms with Crippen LogP contribution in [0.2, 0.25) is 0 Å². The summed E-state index contributed by atoms with van der Waals surface area (Å²) in [5.74, 6) is 1.64. The van der Waals surface area contributed by atoms with Crippen LogP contribution in [0.25, 0.3) is 0 Å². The first-order valence-electron chi connectivity index (χ1n) is 6.40. The van der Waals surface area contributed by atoms with Crippen molar-refractivity contribution in [3.05, 3.63) is 30.1 Å². The van der Waals surface area contributed by atoms with Crippen LogP contribution in [0.4, 0.5) is 0 Å². The first kappa shape index (κ1) is 11.6. The topological polar surface area (TPSA) is 24.9 Å². The van der Waals surface area contributed by atoms with E-state index < -0.39 is 0 Å². The summed E-state index contributed by atoms with van der Waals surface area (Å²) < 4.78 is 0. The van der Waals surface area contributed by atoms with Gasteiger partial charge in [-0.2, -0.15) is 0 Å². The van der Waals surface area contributed by atoms with Crippen LogP contribution in [0.15, 0.2) is 24.4 Å².